The van der Waals surface area contributed by atoms with E-state index < -0.39 is 15.9 Å². The number of nitrogens with zero attached hydrogens (tertiary/aromatic N) is 2. The van der Waals surface area contributed by atoms with Crippen molar-refractivity contribution in [3.8, 4) is 0 Å². The molecule has 1 aromatic heterocycles. The zero-order chi connectivity index (χ0) is 11.5. The molecule has 0 saturated carbocycles. The van der Waals surface area contributed by atoms with Gasteiger partial charge in [-0.05, 0) is 13.3 Å². The molecule has 7 heteroatoms. The van der Waals surface area contributed by atoms with E-state index in [4.69, 9.17) is 9.63 Å². The minimum Gasteiger partial charge on any atom is -0.393 e. The molecule has 0 amide bonds. The summed E-state index contributed by atoms with van der Waals surface area (Å²) in [4.78, 5) is 3.90. The van der Waals surface area contributed by atoms with Crippen molar-refractivity contribution in [2.24, 2.45) is 0 Å². The summed E-state index contributed by atoms with van der Waals surface area (Å²) < 4.78 is 26.7. The molecule has 15 heavy (non-hydrogen) atoms. The van der Waals surface area contributed by atoms with Crippen LogP contribution in [0.2, 0.25) is 0 Å². The Morgan fingerprint density at radius 1 is 1.53 bits per heavy atom. The highest BCUT2D eigenvalue weighted by Gasteiger charge is 2.12. The van der Waals surface area contributed by atoms with Crippen molar-refractivity contribution < 1.29 is 18.0 Å². The van der Waals surface area contributed by atoms with E-state index in [2.05, 4.69) is 10.1 Å². The van der Waals surface area contributed by atoms with Crippen molar-refractivity contribution >= 4 is 9.84 Å². The minimum absolute atomic E-state index is 0.165. The Bertz CT molecular complexity index is 410. The molecule has 0 spiro atoms. The number of aromatic nitrogens is 2. The second kappa shape index (κ2) is 4.71. The number of sulfone groups is 1. The molecule has 0 aliphatic rings. The first-order valence-corrected chi connectivity index (χ1v) is 6.60. The Kier molecular flexibility index (Phi) is 3.81. The molecule has 86 valence electrons. The SMILES string of the molecule is CC(O)CCc1nc(CS(C)(=O)=O)no1. The largest absolute Gasteiger partial charge is 0.393 e. The van der Waals surface area contributed by atoms with Crippen LogP contribution in [0.25, 0.3) is 0 Å². The lowest BCUT2D eigenvalue weighted by atomic mass is 10.2. The van der Waals surface area contributed by atoms with E-state index in [1.807, 2.05) is 0 Å². The van der Waals surface area contributed by atoms with Gasteiger partial charge in [0.2, 0.25) is 5.89 Å². The zero-order valence-electron chi connectivity index (χ0n) is 8.67. The van der Waals surface area contributed by atoms with Gasteiger partial charge in [-0.25, -0.2) is 8.42 Å². The number of hydrogen-bond donors (Lipinski definition) is 1. The smallest absolute Gasteiger partial charge is 0.226 e. The van der Waals surface area contributed by atoms with Crippen LogP contribution in [-0.4, -0.2) is 36.0 Å². The van der Waals surface area contributed by atoms with Gasteiger partial charge in [-0.1, -0.05) is 5.16 Å². The first-order valence-electron chi connectivity index (χ1n) is 4.54. The molecule has 0 bridgehead atoms. The molecule has 1 N–H and O–H groups in total. The van der Waals surface area contributed by atoms with Gasteiger partial charge in [-0.2, -0.15) is 4.98 Å². The maximum Gasteiger partial charge on any atom is 0.226 e. The molecule has 6 nitrogen and oxygen atoms in total. The van der Waals surface area contributed by atoms with Crippen LogP contribution in [0.1, 0.15) is 25.1 Å². The summed E-state index contributed by atoms with van der Waals surface area (Å²) in [5.74, 6) is 0.304. The number of hydrogen-bond acceptors (Lipinski definition) is 6. The summed E-state index contributed by atoms with van der Waals surface area (Å²) in [5.41, 5.74) is 0. The standard InChI is InChI=1S/C8H14N2O4S/c1-6(11)3-4-8-9-7(10-14-8)5-15(2,12)13/h6,11H,3-5H2,1-2H3. The second-order valence-electron chi connectivity index (χ2n) is 3.56. The van der Waals surface area contributed by atoms with Gasteiger partial charge in [0, 0.05) is 12.7 Å². The third kappa shape index (κ3) is 4.89. The van der Waals surface area contributed by atoms with Gasteiger partial charge in [-0.3, -0.25) is 0 Å². The predicted molar refractivity (Wildman–Crippen MR) is 52.8 cm³/mol. The van der Waals surface area contributed by atoms with Crippen molar-refractivity contribution in [1.29, 1.82) is 0 Å². The Morgan fingerprint density at radius 2 is 2.20 bits per heavy atom. The summed E-state index contributed by atoms with van der Waals surface area (Å²) in [7, 11) is -3.13. The third-order valence-corrected chi connectivity index (χ3v) is 2.46. The van der Waals surface area contributed by atoms with E-state index in [1.165, 1.54) is 0 Å². The quantitative estimate of drug-likeness (QED) is 0.766. The van der Waals surface area contributed by atoms with Crippen LogP contribution in [0.3, 0.4) is 0 Å². The average Bonchev–Trinajstić information content (AvgIpc) is 2.45. The molecular weight excluding hydrogens is 220 g/mol. The minimum atomic E-state index is -3.13. The number of rotatable bonds is 5. The van der Waals surface area contributed by atoms with Crippen molar-refractivity contribution in [2.45, 2.75) is 31.6 Å². The maximum atomic E-state index is 10.9. The van der Waals surface area contributed by atoms with E-state index in [9.17, 15) is 8.42 Å². The van der Waals surface area contributed by atoms with E-state index in [0.717, 1.165) is 6.26 Å². The predicted octanol–water partition coefficient (Wildman–Crippen LogP) is -0.0724. The molecule has 0 aromatic carbocycles. The molecule has 0 saturated heterocycles. The Hall–Kier alpha value is -0.950. The molecule has 0 fully saturated rings. The summed E-state index contributed by atoms with van der Waals surface area (Å²) >= 11 is 0. The zero-order valence-corrected chi connectivity index (χ0v) is 9.49. The molecule has 1 heterocycles. The number of aliphatic hydroxyl groups is 1. The fraction of sp³-hybridized carbons (Fsp3) is 0.750. The Labute approximate surface area is 88.2 Å². The fourth-order valence-electron chi connectivity index (χ4n) is 1.02. The van der Waals surface area contributed by atoms with Crippen molar-refractivity contribution in [2.75, 3.05) is 6.26 Å². The molecule has 1 rings (SSSR count). The summed E-state index contributed by atoms with van der Waals surface area (Å²) in [6.45, 7) is 1.66. The van der Waals surface area contributed by atoms with E-state index in [-0.39, 0.29) is 11.6 Å². The molecule has 0 aliphatic carbocycles. The topological polar surface area (TPSA) is 93.3 Å². The average molecular weight is 234 g/mol. The van der Waals surface area contributed by atoms with Gasteiger partial charge in [0.05, 0.1) is 6.10 Å². The van der Waals surface area contributed by atoms with Gasteiger partial charge in [-0.15, -0.1) is 0 Å². The van der Waals surface area contributed by atoms with Gasteiger partial charge >= 0.3 is 0 Å². The van der Waals surface area contributed by atoms with Crippen molar-refractivity contribution in [3.63, 3.8) is 0 Å². The van der Waals surface area contributed by atoms with Crippen LogP contribution in [0.5, 0.6) is 0 Å². The van der Waals surface area contributed by atoms with E-state index >= 15 is 0 Å². The highest BCUT2D eigenvalue weighted by Crippen LogP contribution is 2.05. The number of aryl methyl sites for hydroxylation is 1. The maximum absolute atomic E-state index is 10.9. The van der Waals surface area contributed by atoms with Crippen LogP contribution >= 0.6 is 0 Å². The van der Waals surface area contributed by atoms with Gasteiger partial charge < -0.3 is 9.63 Å². The van der Waals surface area contributed by atoms with Crippen LogP contribution in [0.15, 0.2) is 4.52 Å². The monoisotopic (exact) mass is 234 g/mol. The van der Waals surface area contributed by atoms with E-state index in [0.29, 0.717) is 18.7 Å². The first-order chi connectivity index (χ1) is 6.87. The normalized spacial score (nSPS) is 14.1. The molecule has 1 atom stereocenters. The molecule has 0 aliphatic heterocycles. The highest BCUT2D eigenvalue weighted by atomic mass is 32.2. The van der Waals surface area contributed by atoms with Gasteiger partial charge in [0.25, 0.3) is 0 Å². The molecule has 1 aromatic rings. The second-order valence-corrected chi connectivity index (χ2v) is 5.70. The van der Waals surface area contributed by atoms with Crippen LogP contribution in [-0.2, 0) is 22.0 Å². The third-order valence-electron chi connectivity index (χ3n) is 1.68. The summed E-state index contributed by atoms with van der Waals surface area (Å²) in [5, 5.41) is 12.6. The van der Waals surface area contributed by atoms with Crippen LogP contribution in [0, 0.1) is 0 Å². The lowest BCUT2D eigenvalue weighted by Gasteiger charge is -1.98. The lowest BCUT2D eigenvalue weighted by Crippen LogP contribution is -2.03. The Balaban J connectivity index is 2.57. The van der Waals surface area contributed by atoms with Gasteiger partial charge in [0.15, 0.2) is 15.7 Å². The molecule has 1 unspecified atom stereocenters. The summed E-state index contributed by atoms with van der Waals surface area (Å²) in [6.07, 6.45) is 1.64. The Morgan fingerprint density at radius 3 is 2.73 bits per heavy atom. The summed E-state index contributed by atoms with van der Waals surface area (Å²) in [6, 6.07) is 0. The van der Waals surface area contributed by atoms with Crippen LogP contribution in [0.4, 0.5) is 0 Å². The van der Waals surface area contributed by atoms with Gasteiger partial charge in [0.1, 0.15) is 5.75 Å². The number of aliphatic hydroxyl groups excluding tert-OH is 1. The first kappa shape index (κ1) is 12.1. The molecular formula is C8H14N2O4S. The fourth-order valence-corrected chi connectivity index (χ4v) is 1.60. The van der Waals surface area contributed by atoms with Crippen LogP contribution < -0.4 is 0 Å². The molecule has 0 radical (unpaired) electrons. The lowest BCUT2D eigenvalue weighted by molar-refractivity contribution is 0.180. The van der Waals surface area contributed by atoms with E-state index in [1.54, 1.807) is 6.92 Å². The van der Waals surface area contributed by atoms with Crippen molar-refractivity contribution in [1.82, 2.24) is 10.1 Å². The highest BCUT2D eigenvalue weighted by molar-refractivity contribution is 7.89. The van der Waals surface area contributed by atoms with Crippen molar-refractivity contribution in [3.05, 3.63) is 11.7 Å².